The monoisotopic (exact) mass is 331 g/mol. The van der Waals surface area contributed by atoms with Gasteiger partial charge in [-0.2, -0.15) is 5.10 Å². The second kappa shape index (κ2) is 6.92. The van der Waals surface area contributed by atoms with Gasteiger partial charge in [0.2, 0.25) is 0 Å². The summed E-state index contributed by atoms with van der Waals surface area (Å²) in [4.78, 5) is 12.5. The van der Waals surface area contributed by atoms with Gasteiger partial charge in [-0.15, -0.1) is 0 Å². The highest BCUT2D eigenvalue weighted by molar-refractivity contribution is 6.05. The van der Waals surface area contributed by atoms with Gasteiger partial charge >= 0.3 is 0 Å². The lowest BCUT2D eigenvalue weighted by molar-refractivity contribution is 0.0656. The highest BCUT2D eigenvalue weighted by Crippen LogP contribution is 2.29. The van der Waals surface area contributed by atoms with E-state index in [-0.39, 0.29) is 17.7 Å². The van der Waals surface area contributed by atoms with Crippen molar-refractivity contribution in [2.45, 2.75) is 25.8 Å². The van der Waals surface area contributed by atoms with Crippen molar-refractivity contribution in [2.75, 3.05) is 25.6 Å². The first-order valence-corrected chi connectivity index (χ1v) is 7.90. The number of phenolic OH excluding ortho intramolecular Hbond substituents is 1. The number of rotatable bonds is 4. The predicted molar refractivity (Wildman–Crippen MR) is 88.7 cm³/mol. The fourth-order valence-electron chi connectivity index (χ4n) is 2.88. The molecule has 0 atom stereocenters. The van der Waals surface area contributed by atoms with Crippen LogP contribution in [0.25, 0.3) is 0 Å². The molecule has 1 aliphatic heterocycles. The number of hydrogen-bond donors (Lipinski definition) is 2. The molecule has 2 heterocycles. The summed E-state index contributed by atoms with van der Waals surface area (Å²) in [6.07, 6.45) is 3.35. The van der Waals surface area contributed by atoms with Crippen LogP contribution < -0.4 is 10.1 Å². The lowest BCUT2D eigenvalue weighted by Gasteiger charge is -2.23. The summed E-state index contributed by atoms with van der Waals surface area (Å²) in [6, 6.07) is 4.93. The van der Waals surface area contributed by atoms with Crippen LogP contribution in [0.4, 0.5) is 5.69 Å². The minimum absolute atomic E-state index is 0.0152. The van der Waals surface area contributed by atoms with E-state index in [1.165, 1.54) is 13.2 Å². The Hall–Kier alpha value is -2.54. The van der Waals surface area contributed by atoms with Crippen LogP contribution in [0.5, 0.6) is 11.5 Å². The molecule has 1 fully saturated rings. The van der Waals surface area contributed by atoms with Crippen molar-refractivity contribution in [3.8, 4) is 11.5 Å². The van der Waals surface area contributed by atoms with E-state index >= 15 is 0 Å². The number of methoxy groups -OCH3 is 1. The molecule has 1 aromatic heterocycles. The van der Waals surface area contributed by atoms with Crippen molar-refractivity contribution in [2.24, 2.45) is 0 Å². The van der Waals surface area contributed by atoms with Crippen molar-refractivity contribution >= 4 is 11.6 Å². The van der Waals surface area contributed by atoms with Crippen LogP contribution >= 0.6 is 0 Å². The van der Waals surface area contributed by atoms with Gasteiger partial charge in [-0.1, -0.05) is 0 Å². The Labute approximate surface area is 140 Å². The second-order valence-corrected chi connectivity index (χ2v) is 5.77. The molecule has 0 saturated carbocycles. The number of carbonyl (C=O) groups excluding carboxylic acids is 1. The number of benzene rings is 1. The van der Waals surface area contributed by atoms with Gasteiger partial charge in [0.15, 0.2) is 0 Å². The van der Waals surface area contributed by atoms with Crippen molar-refractivity contribution < 1.29 is 19.4 Å². The van der Waals surface area contributed by atoms with Crippen LogP contribution in [-0.2, 0) is 4.74 Å². The molecule has 1 amide bonds. The van der Waals surface area contributed by atoms with Gasteiger partial charge in [0.1, 0.15) is 11.5 Å². The molecule has 1 aliphatic rings. The smallest absolute Gasteiger partial charge is 0.259 e. The summed E-state index contributed by atoms with van der Waals surface area (Å²) in [5.74, 6) is 0.228. The SMILES string of the molecule is COc1ccc(O)c(NC(=O)c2cnn(C3CCOCC3)c2C)c1. The molecule has 1 aromatic carbocycles. The molecular weight excluding hydrogens is 310 g/mol. The Balaban J connectivity index is 1.79. The van der Waals surface area contributed by atoms with E-state index in [0.717, 1.165) is 18.5 Å². The van der Waals surface area contributed by atoms with Crippen LogP contribution in [0.1, 0.15) is 34.9 Å². The highest BCUT2D eigenvalue weighted by atomic mass is 16.5. The van der Waals surface area contributed by atoms with E-state index < -0.39 is 0 Å². The van der Waals surface area contributed by atoms with E-state index in [0.29, 0.717) is 30.2 Å². The zero-order chi connectivity index (χ0) is 17.1. The Bertz CT molecular complexity index is 735. The first-order chi connectivity index (χ1) is 11.6. The Kier molecular flexibility index (Phi) is 4.71. The summed E-state index contributed by atoms with van der Waals surface area (Å²) in [7, 11) is 1.53. The van der Waals surface area contributed by atoms with Crippen LogP contribution in [-0.4, -0.2) is 41.1 Å². The van der Waals surface area contributed by atoms with Gasteiger partial charge < -0.3 is 19.9 Å². The molecule has 0 spiro atoms. The number of aromatic nitrogens is 2. The summed E-state index contributed by atoms with van der Waals surface area (Å²) in [5.41, 5.74) is 1.60. The molecule has 3 rings (SSSR count). The zero-order valence-corrected chi connectivity index (χ0v) is 13.8. The van der Waals surface area contributed by atoms with Gasteiger partial charge in [0.25, 0.3) is 5.91 Å². The molecule has 1 saturated heterocycles. The second-order valence-electron chi connectivity index (χ2n) is 5.77. The van der Waals surface area contributed by atoms with E-state index in [2.05, 4.69) is 10.4 Å². The number of aromatic hydroxyl groups is 1. The largest absolute Gasteiger partial charge is 0.506 e. The maximum absolute atomic E-state index is 12.5. The van der Waals surface area contributed by atoms with E-state index in [9.17, 15) is 9.90 Å². The number of phenols is 1. The summed E-state index contributed by atoms with van der Waals surface area (Å²) in [5, 5.41) is 17.0. The molecular formula is C17H21N3O4. The molecule has 0 bridgehead atoms. The average molecular weight is 331 g/mol. The van der Waals surface area contributed by atoms with E-state index in [1.54, 1.807) is 18.3 Å². The molecule has 7 nitrogen and oxygen atoms in total. The van der Waals surface area contributed by atoms with Gasteiger partial charge in [-0.3, -0.25) is 9.48 Å². The van der Waals surface area contributed by atoms with Crippen LogP contribution in [0, 0.1) is 6.92 Å². The molecule has 2 aromatic rings. The number of carbonyl (C=O) groups is 1. The molecule has 0 radical (unpaired) electrons. The quantitative estimate of drug-likeness (QED) is 0.841. The molecule has 128 valence electrons. The number of amides is 1. The summed E-state index contributed by atoms with van der Waals surface area (Å²) < 4.78 is 12.4. The molecule has 0 unspecified atom stereocenters. The van der Waals surface area contributed by atoms with Gasteiger partial charge in [0.05, 0.1) is 30.6 Å². The molecule has 7 heteroatoms. The lowest BCUT2D eigenvalue weighted by atomic mass is 10.1. The minimum atomic E-state index is -0.311. The van der Waals surface area contributed by atoms with E-state index in [1.807, 2.05) is 11.6 Å². The third kappa shape index (κ3) is 3.21. The average Bonchev–Trinajstić information content (AvgIpc) is 2.99. The normalized spacial score (nSPS) is 15.2. The predicted octanol–water partition coefficient (Wildman–Crippen LogP) is 2.51. The minimum Gasteiger partial charge on any atom is -0.506 e. The first-order valence-electron chi connectivity index (χ1n) is 7.90. The number of nitrogens with one attached hydrogen (secondary N) is 1. The third-order valence-electron chi connectivity index (χ3n) is 4.28. The van der Waals surface area contributed by atoms with Crippen molar-refractivity contribution in [3.05, 3.63) is 35.7 Å². The Morgan fingerprint density at radius 2 is 2.17 bits per heavy atom. The number of ether oxygens (including phenoxy) is 2. The summed E-state index contributed by atoms with van der Waals surface area (Å²) in [6.45, 7) is 3.30. The number of nitrogens with zero attached hydrogens (tertiary/aromatic N) is 2. The Morgan fingerprint density at radius 3 is 2.88 bits per heavy atom. The van der Waals surface area contributed by atoms with Gasteiger partial charge in [-0.05, 0) is 31.9 Å². The molecule has 2 N–H and O–H groups in total. The number of hydrogen-bond acceptors (Lipinski definition) is 5. The first kappa shape index (κ1) is 16.3. The zero-order valence-electron chi connectivity index (χ0n) is 13.8. The maximum Gasteiger partial charge on any atom is 0.259 e. The fourth-order valence-corrected chi connectivity index (χ4v) is 2.88. The van der Waals surface area contributed by atoms with Crippen molar-refractivity contribution in [3.63, 3.8) is 0 Å². The van der Waals surface area contributed by atoms with Gasteiger partial charge in [-0.25, -0.2) is 0 Å². The topological polar surface area (TPSA) is 85.6 Å². The summed E-state index contributed by atoms with van der Waals surface area (Å²) >= 11 is 0. The van der Waals surface area contributed by atoms with Crippen LogP contribution in [0.3, 0.4) is 0 Å². The van der Waals surface area contributed by atoms with Crippen molar-refractivity contribution in [1.82, 2.24) is 9.78 Å². The van der Waals surface area contributed by atoms with Crippen LogP contribution in [0.2, 0.25) is 0 Å². The van der Waals surface area contributed by atoms with Crippen molar-refractivity contribution in [1.29, 1.82) is 0 Å². The Morgan fingerprint density at radius 1 is 1.42 bits per heavy atom. The fraction of sp³-hybridized carbons (Fsp3) is 0.412. The lowest BCUT2D eigenvalue weighted by Crippen LogP contribution is -2.22. The highest BCUT2D eigenvalue weighted by Gasteiger charge is 2.22. The third-order valence-corrected chi connectivity index (χ3v) is 4.28. The van der Waals surface area contributed by atoms with Gasteiger partial charge in [0, 0.05) is 25.0 Å². The van der Waals surface area contributed by atoms with Crippen LogP contribution in [0.15, 0.2) is 24.4 Å². The molecule has 24 heavy (non-hydrogen) atoms. The van der Waals surface area contributed by atoms with E-state index in [4.69, 9.17) is 9.47 Å². The maximum atomic E-state index is 12.5. The standard InChI is InChI=1S/C17H21N3O4/c1-11-14(10-18-20(11)12-5-7-24-8-6-12)17(22)19-15-9-13(23-2)3-4-16(15)21/h3-4,9-10,12,21H,5-8H2,1-2H3,(H,19,22). The molecule has 0 aliphatic carbocycles. The number of anilines is 1.